The van der Waals surface area contributed by atoms with Gasteiger partial charge in [-0.25, -0.2) is 0 Å². The number of ether oxygens (including phenoxy) is 2. The summed E-state index contributed by atoms with van der Waals surface area (Å²) < 4.78 is 10.9. The minimum Gasteiger partial charge on any atom is -0.493 e. The summed E-state index contributed by atoms with van der Waals surface area (Å²) in [4.78, 5) is 0. The maximum Gasteiger partial charge on any atom is 0.180 e. The summed E-state index contributed by atoms with van der Waals surface area (Å²) in [5.41, 5.74) is 1.08. The third kappa shape index (κ3) is 4.24. The number of nitrogens with one attached hydrogen (secondary N) is 1. The Labute approximate surface area is 114 Å². The van der Waals surface area contributed by atoms with Crippen molar-refractivity contribution in [1.29, 1.82) is 0 Å². The number of methoxy groups -OCH3 is 1. The van der Waals surface area contributed by atoms with Gasteiger partial charge in [-0.3, -0.25) is 0 Å². The number of hydrogen-bond donors (Lipinski definition) is 1. The smallest absolute Gasteiger partial charge is 0.180 e. The Morgan fingerprint density at radius 1 is 1.39 bits per heavy atom. The molecule has 0 saturated heterocycles. The van der Waals surface area contributed by atoms with Crippen molar-refractivity contribution in [2.24, 2.45) is 0 Å². The van der Waals surface area contributed by atoms with Crippen LogP contribution in [0.3, 0.4) is 0 Å². The topological polar surface area (TPSA) is 30.5 Å². The van der Waals surface area contributed by atoms with E-state index in [2.05, 4.69) is 12.2 Å². The molecule has 0 aromatic heterocycles. The summed E-state index contributed by atoms with van der Waals surface area (Å²) in [5.74, 6) is 1.26. The standard InChI is InChI=1S/C14H20ClNO2/c1-4-6-7-18-14-12(15)8-11(10-16-5-2)9-13(14)17-3/h4,6,8-9,16H,5,7,10H2,1-3H3/b6-4+. The lowest BCUT2D eigenvalue weighted by atomic mass is 10.2. The molecule has 0 heterocycles. The lowest BCUT2D eigenvalue weighted by molar-refractivity contribution is 0.326. The van der Waals surface area contributed by atoms with Crippen LogP contribution in [0, 0.1) is 0 Å². The van der Waals surface area contributed by atoms with Crippen LogP contribution >= 0.6 is 11.6 Å². The number of halogens is 1. The van der Waals surface area contributed by atoms with Gasteiger partial charge < -0.3 is 14.8 Å². The van der Waals surface area contributed by atoms with Gasteiger partial charge in [-0.05, 0) is 31.2 Å². The van der Waals surface area contributed by atoms with Gasteiger partial charge in [0.25, 0.3) is 0 Å². The molecule has 0 amide bonds. The summed E-state index contributed by atoms with van der Waals surface area (Å²) >= 11 is 6.21. The van der Waals surface area contributed by atoms with Crippen molar-refractivity contribution >= 4 is 11.6 Å². The number of rotatable bonds is 7. The molecule has 1 rings (SSSR count). The molecule has 0 spiro atoms. The van der Waals surface area contributed by atoms with Crippen LogP contribution in [-0.2, 0) is 6.54 Å². The molecule has 100 valence electrons. The van der Waals surface area contributed by atoms with Gasteiger partial charge in [0.1, 0.15) is 6.61 Å². The Morgan fingerprint density at radius 3 is 2.78 bits per heavy atom. The second-order valence-electron chi connectivity index (χ2n) is 3.77. The van der Waals surface area contributed by atoms with E-state index in [1.165, 1.54) is 0 Å². The van der Waals surface area contributed by atoms with Crippen LogP contribution in [0.25, 0.3) is 0 Å². The molecule has 0 unspecified atom stereocenters. The molecule has 0 saturated carbocycles. The molecule has 4 heteroatoms. The molecule has 0 bridgehead atoms. The van der Waals surface area contributed by atoms with Crippen LogP contribution in [0.2, 0.25) is 5.02 Å². The molecule has 1 aromatic carbocycles. The van der Waals surface area contributed by atoms with E-state index in [1.54, 1.807) is 7.11 Å². The van der Waals surface area contributed by atoms with E-state index in [1.807, 2.05) is 31.2 Å². The van der Waals surface area contributed by atoms with Crippen molar-refractivity contribution in [2.75, 3.05) is 20.3 Å². The zero-order valence-corrected chi connectivity index (χ0v) is 11.9. The van der Waals surface area contributed by atoms with Crippen LogP contribution in [0.4, 0.5) is 0 Å². The number of benzene rings is 1. The average molecular weight is 270 g/mol. The Morgan fingerprint density at radius 2 is 2.17 bits per heavy atom. The van der Waals surface area contributed by atoms with Gasteiger partial charge in [0.05, 0.1) is 12.1 Å². The summed E-state index contributed by atoms with van der Waals surface area (Å²) in [7, 11) is 1.62. The number of hydrogen-bond acceptors (Lipinski definition) is 3. The van der Waals surface area contributed by atoms with Crippen LogP contribution < -0.4 is 14.8 Å². The molecule has 0 fully saturated rings. The third-order valence-corrected chi connectivity index (χ3v) is 2.71. The second kappa shape index (κ2) is 8.01. The van der Waals surface area contributed by atoms with E-state index < -0.39 is 0 Å². The van der Waals surface area contributed by atoms with E-state index in [9.17, 15) is 0 Å². The predicted molar refractivity (Wildman–Crippen MR) is 75.7 cm³/mol. The second-order valence-corrected chi connectivity index (χ2v) is 4.18. The van der Waals surface area contributed by atoms with E-state index in [0.717, 1.165) is 18.7 Å². The molecule has 1 N–H and O–H groups in total. The zero-order valence-electron chi connectivity index (χ0n) is 11.1. The Balaban J connectivity index is 2.89. The first kappa shape index (κ1) is 14.9. The zero-order chi connectivity index (χ0) is 13.4. The summed E-state index contributed by atoms with van der Waals surface area (Å²) in [6, 6.07) is 3.84. The summed E-state index contributed by atoms with van der Waals surface area (Å²) in [6.45, 7) is 6.18. The molecule has 3 nitrogen and oxygen atoms in total. The van der Waals surface area contributed by atoms with Gasteiger partial charge >= 0.3 is 0 Å². The Bertz CT molecular complexity index is 405. The molecule has 0 aliphatic heterocycles. The van der Waals surface area contributed by atoms with Crippen molar-refractivity contribution < 1.29 is 9.47 Å². The van der Waals surface area contributed by atoms with E-state index in [0.29, 0.717) is 23.1 Å². The molecule has 18 heavy (non-hydrogen) atoms. The lowest BCUT2D eigenvalue weighted by Gasteiger charge is -2.13. The van der Waals surface area contributed by atoms with Gasteiger partial charge in [0.2, 0.25) is 0 Å². The maximum absolute atomic E-state index is 6.21. The average Bonchev–Trinajstić information content (AvgIpc) is 2.38. The monoisotopic (exact) mass is 269 g/mol. The quantitative estimate of drug-likeness (QED) is 0.770. The van der Waals surface area contributed by atoms with Gasteiger partial charge in [-0.15, -0.1) is 0 Å². The molecule has 0 atom stereocenters. The van der Waals surface area contributed by atoms with Crippen molar-refractivity contribution in [3.63, 3.8) is 0 Å². The Kier molecular flexibility index (Phi) is 6.61. The van der Waals surface area contributed by atoms with Crippen LogP contribution in [0.5, 0.6) is 11.5 Å². The third-order valence-electron chi connectivity index (χ3n) is 2.43. The highest BCUT2D eigenvalue weighted by Crippen LogP contribution is 2.36. The molecular formula is C14H20ClNO2. The highest BCUT2D eigenvalue weighted by atomic mass is 35.5. The molecule has 0 aliphatic rings. The highest BCUT2D eigenvalue weighted by Gasteiger charge is 2.11. The Hall–Kier alpha value is -1.19. The largest absolute Gasteiger partial charge is 0.493 e. The van der Waals surface area contributed by atoms with Crippen molar-refractivity contribution in [2.45, 2.75) is 20.4 Å². The van der Waals surface area contributed by atoms with Crippen LogP contribution in [-0.4, -0.2) is 20.3 Å². The SMILES string of the molecule is C/C=C/COc1c(Cl)cc(CNCC)cc1OC. The first-order valence-electron chi connectivity index (χ1n) is 6.04. The van der Waals surface area contributed by atoms with Gasteiger partial charge in [-0.2, -0.15) is 0 Å². The van der Waals surface area contributed by atoms with Gasteiger partial charge in [0.15, 0.2) is 11.5 Å². The molecule has 0 radical (unpaired) electrons. The minimum absolute atomic E-state index is 0.485. The first-order chi connectivity index (χ1) is 8.72. The minimum atomic E-state index is 0.485. The van der Waals surface area contributed by atoms with Gasteiger partial charge in [0, 0.05) is 6.54 Å². The summed E-state index contributed by atoms with van der Waals surface area (Å²) in [6.07, 6.45) is 3.85. The van der Waals surface area contributed by atoms with Crippen molar-refractivity contribution in [3.05, 3.63) is 34.9 Å². The van der Waals surface area contributed by atoms with E-state index in [4.69, 9.17) is 21.1 Å². The van der Waals surface area contributed by atoms with Gasteiger partial charge in [-0.1, -0.05) is 30.7 Å². The van der Waals surface area contributed by atoms with Crippen molar-refractivity contribution in [1.82, 2.24) is 5.32 Å². The molecule has 1 aromatic rings. The van der Waals surface area contributed by atoms with Crippen LogP contribution in [0.1, 0.15) is 19.4 Å². The van der Waals surface area contributed by atoms with E-state index in [-0.39, 0.29) is 0 Å². The fraction of sp³-hybridized carbons (Fsp3) is 0.429. The van der Waals surface area contributed by atoms with E-state index >= 15 is 0 Å². The maximum atomic E-state index is 6.21. The van der Waals surface area contributed by atoms with Crippen LogP contribution in [0.15, 0.2) is 24.3 Å². The van der Waals surface area contributed by atoms with Crippen molar-refractivity contribution in [3.8, 4) is 11.5 Å². The first-order valence-corrected chi connectivity index (χ1v) is 6.41. The highest BCUT2D eigenvalue weighted by molar-refractivity contribution is 6.32. The normalized spacial score (nSPS) is 10.9. The fourth-order valence-corrected chi connectivity index (χ4v) is 1.80. The predicted octanol–water partition coefficient (Wildman–Crippen LogP) is 3.41. The number of allylic oxidation sites excluding steroid dienone is 1. The molecule has 0 aliphatic carbocycles. The fourth-order valence-electron chi connectivity index (χ4n) is 1.51. The molecular weight excluding hydrogens is 250 g/mol. The summed E-state index contributed by atoms with van der Waals surface area (Å²) in [5, 5.41) is 3.82. The lowest BCUT2D eigenvalue weighted by Crippen LogP contribution is -2.12.